The van der Waals surface area contributed by atoms with E-state index in [1.807, 2.05) is 42.5 Å². The summed E-state index contributed by atoms with van der Waals surface area (Å²) in [4.78, 5) is 16.0. The molecule has 1 aromatic heterocycles. The van der Waals surface area contributed by atoms with Gasteiger partial charge >= 0.3 is 5.97 Å². The zero-order valence-corrected chi connectivity index (χ0v) is 16.2. The van der Waals surface area contributed by atoms with Crippen LogP contribution >= 0.6 is 0 Å². The third-order valence-corrected chi connectivity index (χ3v) is 4.55. The second-order valence-electron chi connectivity index (χ2n) is 6.35. The Morgan fingerprint density at radius 3 is 2.43 bits per heavy atom. The molecule has 0 atom stereocenters. The fourth-order valence-electron chi connectivity index (χ4n) is 3.32. The summed E-state index contributed by atoms with van der Waals surface area (Å²) in [6.07, 6.45) is 1.66. The number of ether oxygens (including phenoxy) is 2. The van der Waals surface area contributed by atoms with Gasteiger partial charge in [0, 0.05) is 25.9 Å². The van der Waals surface area contributed by atoms with E-state index in [9.17, 15) is 4.79 Å². The summed E-state index contributed by atoms with van der Waals surface area (Å²) in [5, 5.41) is 0. The van der Waals surface area contributed by atoms with Crippen LogP contribution in [0.5, 0.6) is 0 Å². The Kier molecular flexibility index (Phi) is 5.93. The molecule has 0 bridgehead atoms. The molecule has 0 saturated heterocycles. The average molecular weight is 374 g/mol. The summed E-state index contributed by atoms with van der Waals surface area (Å²) in [7, 11) is 3.43. The molecule has 0 aliphatic carbocycles. The summed E-state index contributed by atoms with van der Waals surface area (Å²) >= 11 is 0. The summed E-state index contributed by atoms with van der Waals surface area (Å²) in [5.74, 6) is -0.426. The summed E-state index contributed by atoms with van der Waals surface area (Å²) < 4.78 is 12.1. The number of methoxy groups -OCH3 is 1. The van der Waals surface area contributed by atoms with Crippen LogP contribution < -0.4 is 0 Å². The van der Waals surface area contributed by atoms with Crippen molar-refractivity contribution in [2.75, 3.05) is 13.7 Å². The number of aryl methyl sites for hydroxylation is 1. The van der Waals surface area contributed by atoms with Crippen molar-refractivity contribution in [2.24, 2.45) is 7.05 Å². The van der Waals surface area contributed by atoms with Crippen molar-refractivity contribution in [1.82, 2.24) is 4.57 Å². The number of benzene rings is 2. The van der Waals surface area contributed by atoms with Gasteiger partial charge in [0.05, 0.1) is 19.8 Å². The van der Waals surface area contributed by atoms with Crippen molar-refractivity contribution in [1.29, 1.82) is 0 Å². The van der Waals surface area contributed by atoms with Crippen LogP contribution in [-0.4, -0.2) is 24.3 Å². The van der Waals surface area contributed by atoms with Gasteiger partial charge in [-0.15, -0.1) is 0 Å². The van der Waals surface area contributed by atoms with E-state index in [1.54, 1.807) is 31.8 Å². The van der Waals surface area contributed by atoms with Gasteiger partial charge in [-0.2, -0.15) is 0 Å². The van der Waals surface area contributed by atoms with Crippen LogP contribution in [0, 0.1) is 6.57 Å². The minimum atomic E-state index is -0.426. The molecule has 5 nitrogen and oxygen atoms in total. The highest BCUT2D eigenvalue weighted by atomic mass is 16.5. The van der Waals surface area contributed by atoms with E-state index in [1.165, 1.54) is 0 Å². The first kappa shape index (κ1) is 19.4. The summed E-state index contributed by atoms with van der Waals surface area (Å²) in [6.45, 7) is 10.1. The standard InChI is InChI=1S/C23H22N2O3/c1-5-28-23(26)22-21(20(24-2)14-25(22)3)17-12-10-16(11-13-17)19-9-7-6-8-18(19)15-27-4/h6-14H,5,15H2,1,3-4H3. The fourth-order valence-corrected chi connectivity index (χ4v) is 3.32. The topological polar surface area (TPSA) is 44.8 Å². The van der Waals surface area contributed by atoms with Gasteiger partial charge in [0.25, 0.3) is 0 Å². The van der Waals surface area contributed by atoms with E-state index in [-0.39, 0.29) is 6.61 Å². The van der Waals surface area contributed by atoms with Gasteiger partial charge in [-0.05, 0) is 29.2 Å². The van der Waals surface area contributed by atoms with Crippen LogP contribution in [0.2, 0.25) is 0 Å². The molecule has 142 valence electrons. The van der Waals surface area contributed by atoms with E-state index < -0.39 is 5.97 Å². The van der Waals surface area contributed by atoms with Crippen LogP contribution in [0.1, 0.15) is 23.0 Å². The summed E-state index contributed by atoms with van der Waals surface area (Å²) in [5.41, 5.74) is 5.48. The van der Waals surface area contributed by atoms with Gasteiger partial charge in [-0.3, -0.25) is 0 Å². The highest BCUT2D eigenvalue weighted by Crippen LogP contribution is 2.37. The second kappa shape index (κ2) is 8.55. The lowest BCUT2D eigenvalue weighted by molar-refractivity contribution is 0.0516. The molecular formula is C23H22N2O3. The van der Waals surface area contributed by atoms with Crippen LogP contribution in [0.3, 0.4) is 0 Å². The zero-order valence-electron chi connectivity index (χ0n) is 16.2. The Labute approximate surface area is 165 Å². The molecule has 0 spiro atoms. The number of carbonyl (C=O) groups is 1. The molecule has 0 N–H and O–H groups in total. The smallest absolute Gasteiger partial charge is 0.354 e. The number of hydrogen-bond donors (Lipinski definition) is 0. The van der Waals surface area contributed by atoms with Gasteiger partial charge in [0.1, 0.15) is 5.69 Å². The van der Waals surface area contributed by atoms with Crippen LogP contribution in [-0.2, 0) is 23.1 Å². The normalized spacial score (nSPS) is 10.5. The molecule has 2 aromatic carbocycles. The van der Waals surface area contributed by atoms with E-state index >= 15 is 0 Å². The van der Waals surface area contributed by atoms with Crippen molar-refractivity contribution in [3.8, 4) is 22.3 Å². The number of hydrogen-bond acceptors (Lipinski definition) is 3. The van der Waals surface area contributed by atoms with Crippen molar-refractivity contribution in [2.45, 2.75) is 13.5 Å². The maximum atomic E-state index is 12.4. The molecule has 3 aromatic rings. The SMILES string of the molecule is [C-]#[N+]c1cn(C)c(C(=O)OCC)c1-c1ccc(-c2ccccc2COC)cc1. The largest absolute Gasteiger partial charge is 0.461 e. The molecule has 28 heavy (non-hydrogen) atoms. The molecule has 5 heteroatoms. The quantitative estimate of drug-likeness (QED) is 0.438. The minimum Gasteiger partial charge on any atom is -0.461 e. The number of carbonyl (C=O) groups excluding carboxylic acids is 1. The lowest BCUT2D eigenvalue weighted by Crippen LogP contribution is -2.10. The van der Waals surface area contributed by atoms with Crippen molar-refractivity contribution in [3.05, 3.63) is 77.4 Å². The van der Waals surface area contributed by atoms with Gasteiger partial charge in [-0.1, -0.05) is 48.5 Å². The van der Waals surface area contributed by atoms with E-state index in [0.717, 1.165) is 22.3 Å². The first-order valence-electron chi connectivity index (χ1n) is 9.02. The molecule has 0 aliphatic rings. The van der Waals surface area contributed by atoms with Crippen LogP contribution in [0.4, 0.5) is 5.69 Å². The average Bonchev–Trinajstić information content (AvgIpc) is 3.05. The molecule has 3 rings (SSSR count). The van der Waals surface area contributed by atoms with Gasteiger partial charge in [0.2, 0.25) is 5.69 Å². The zero-order chi connectivity index (χ0) is 20.1. The van der Waals surface area contributed by atoms with Crippen LogP contribution in [0.25, 0.3) is 27.1 Å². The third kappa shape index (κ3) is 3.68. The Balaban J connectivity index is 2.06. The van der Waals surface area contributed by atoms with Gasteiger partial charge in [0.15, 0.2) is 0 Å². The van der Waals surface area contributed by atoms with E-state index in [4.69, 9.17) is 16.0 Å². The predicted molar refractivity (Wildman–Crippen MR) is 109 cm³/mol. The van der Waals surface area contributed by atoms with Gasteiger partial charge in [-0.25, -0.2) is 9.64 Å². The maximum absolute atomic E-state index is 12.4. The predicted octanol–water partition coefficient (Wildman–Crippen LogP) is 5.23. The Morgan fingerprint density at radius 1 is 1.11 bits per heavy atom. The molecule has 0 amide bonds. The number of nitrogens with zero attached hydrogens (tertiary/aromatic N) is 2. The molecule has 0 radical (unpaired) electrons. The summed E-state index contributed by atoms with van der Waals surface area (Å²) in [6, 6.07) is 16.0. The van der Waals surface area contributed by atoms with E-state index in [0.29, 0.717) is 23.6 Å². The second-order valence-corrected chi connectivity index (χ2v) is 6.35. The van der Waals surface area contributed by atoms with Crippen molar-refractivity contribution < 1.29 is 14.3 Å². The first-order chi connectivity index (χ1) is 13.6. The molecule has 0 aliphatic heterocycles. The molecule has 0 fully saturated rings. The minimum absolute atomic E-state index is 0.284. The maximum Gasteiger partial charge on any atom is 0.354 e. The highest BCUT2D eigenvalue weighted by molar-refractivity contribution is 6.00. The number of rotatable bonds is 6. The van der Waals surface area contributed by atoms with E-state index in [2.05, 4.69) is 10.9 Å². The monoisotopic (exact) mass is 374 g/mol. The number of aromatic nitrogens is 1. The highest BCUT2D eigenvalue weighted by Gasteiger charge is 2.22. The van der Waals surface area contributed by atoms with Crippen LogP contribution in [0.15, 0.2) is 54.7 Å². The van der Waals surface area contributed by atoms with Crippen molar-refractivity contribution in [3.63, 3.8) is 0 Å². The lowest BCUT2D eigenvalue weighted by Gasteiger charge is -2.11. The molecular weight excluding hydrogens is 352 g/mol. The Bertz CT molecular complexity index is 1030. The fraction of sp³-hybridized carbons (Fsp3) is 0.217. The molecule has 1 heterocycles. The third-order valence-electron chi connectivity index (χ3n) is 4.55. The van der Waals surface area contributed by atoms with Crippen molar-refractivity contribution >= 4 is 11.7 Å². The Morgan fingerprint density at radius 2 is 1.79 bits per heavy atom. The first-order valence-corrected chi connectivity index (χ1v) is 9.02. The molecule has 0 unspecified atom stereocenters. The molecule has 0 saturated carbocycles. The lowest BCUT2D eigenvalue weighted by atomic mass is 9.97. The number of esters is 1. The Hall–Kier alpha value is -3.36. The van der Waals surface area contributed by atoms with Gasteiger partial charge < -0.3 is 14.0 Å².